The standard InChI is InChI=1S/C81H102N2O21/c1-13-62(55-45-72(95-7)76(99-11)73(46-55)96-8)78(87)82-39-17-15-25-64(82)80(89)103-66(35-27-51-29-37-68(91-3)70(41-51)93-5)53-21-19-23-60(43-53)101-49-58(85)33-31-57(84)32-34-59(86)50-102-61-24-20-22-54(44-61)67(36-28-52-30-38-69(92-4)71(42-52)94-6)104-81(90)65-26-16-18-40-83(65)79(88)63(14-2)56-47-74(97-9)77(100-12)75(48-56)98-10/h19-24,29-30,37-38,41-48,57,62-67,84H,13-18,25-28,31-36,39-40,49-50H2,1-12H3/t62-,63-,64-,65-,66+,67+/m0/s1. The van der Waals surface area contributed by atoms with Crippen molar-refractivity contribution in [3.05, 3.63) is 143 Å². The van der Waals surface area contributed by atoms with Gasteiger partial charge in [0.1, 0.15) is 49.0 Å². The van der Waals surface area contributed by atoms with E-state index in [0.29, 0.717) is 181 Å². The van der Waals surface area contributed by atoms with Crippen LogP contribution in [0.4, 0.5) is 0 Å². The molecule has 2 heterocycles. The van der Waals surface area contributed by atoms with E-state index < -0.39 is 54.2 Å². The molecule has 0 saturated carbocycles. The van der Waals surface area contributed by atoms with Crippen molar-refractivity contribution in [2.45, 2.75) is 159 Å². The molecule has 2 fully saturated rings. The monoisotopic (exact) mass is 1440 g/mol. The summed E-state index contributed by atoms with van der Waals surface area (Å²) in [4.78, 5) is 88.7. The van der Waals surface area contributed by atoms with Crippen LogP contribution in [0, 0.1) is 0 Å². The molecule has 2 aliphatic heterocycles. The number of benzene rings is 6. The fraction of sp³-hybridized carbons (Fsp3) is 0.481. The maximum Gasteiger partial charge on any atom is 0.329 e. The molecule has 0 unspecified atom stereocenters. The first-order valence-electron chi connectivity index (χ1n) is 35.6. The Kier molecular flexibility index (Phi) is 30.4. The van der Waals surface area contributed by atoms with Crippen LogP contribution in [0.3, 0.4) is 0 Å². The molecule has 6 aromatic carbocycles. The van der Waals surface area contributed by atoms with Crippen LogP contribution >= 0.6 is 0 Å². The Bertz CT molecular complexity index is 3560. The first-order valence-corrected chi connectivity index (χ1v) is 35.6. The lowest BCUT2D eigenvalue weighted by Crippen LogP contribution is -2.50. The number of carbonyl (C=O) groups is 6. The smallest absolute Gasteiger partial charge is 0.329 e. The molecule has 0 aromatic heterocycles. The molecule has 104 heavy (non-hydrogen) atoms. The Morgan fingerprint density at radius 2 is 0.779 bits per heavy atom. The van der Waals surface area contributed by atoms with Crippen molar-refractivity contribution in [2.75, 3.05) is 97.4 Å². The van der Waals surface area contributed by atoms with E-state index >= 15 is 0 Å². The molecule has 2 aliphatic rings. The third kappa shape index (κ3) is 20.7. The van der Waals surface area contributed by atoms with Gasteiger partial charge in [0.2, 0.25) is 23.3 Å². The fourth-order valence-corrected chi connectivity index (χ4v) is 13.6. The van der Waals surface area contributed by atoms with Crippen LogP contribution < -0.4 is 56.8 Å². The summed E-state index contributed by atoms with van der Waals surface area (Å²) in [6.07, 6.45) is 3.65. The first-order chi connectivity index (χ1) is 50.4. The zero-order valence-electron chi connectivity index (χ0n) is 62.1. The summed E-state index contributed by atoms with van der Waals surface area (Å²) < 4.78 is 80.8. The van der Waals surface area contributed by atoms with E-state index in [-0.39, 0.29) is 62.3 Å². The van der Waals surface area contributed by atoms with Gasteiger partial charge < -0.3 is 81.2 Å². The molecular weight excluding hydrogens is 1340 g/mol. The average molecular weight is 1440 g/mol. The molecule has 562 valence electrons. The van der Waals surface area contributed by atoms with Crippen molar-refractivity contribution < 1.29 is 100 Å². The molecular formula is C81H102N2O21. The van der Waals surface area contributed by atoms with Gasteiger partial charge in [-0.3, -0.25) is 19.2 Å². The van der Waals surface area contributed by atoms with Crippen molar-refractivity contribution >= 4 is 35.3 Å². The second kappa shape index (κ2) is 39.7. The summed E-state index contributed by atoms with van der Waals surface area (Å²) in [5.74, 6) is 2.03. The molecule has 6 atom stereocenters. The van der Waals surface area contributed by atoms with Gasteiger partial charge in [0.15, 0.2) is 57.6 Å². The van der Waals surface area contributed by atoms with Crippen LogP contribution in [-0.2, 0) is 51.1 Å². The highest BCUT2D eigenvalue weighted by molar-refractivity contribution is 5.90. The summed E-state index contributed by atoms with van der Waals surface area (Å²) in [5.41, 5.74) is 4.34. The number of esters is 2. The van der Waals surface area contributed by atoms with Crippen LogP contribution in [0.2, 0.25) is 0 Å². The van der Waals surface area contributed by atoms with Gasteiger partial charge in [-0.05, 0) is 196 Å². The Hall–Kier alpha value is -9.90. The van der Waals surface area contributed by atoms with Gasteiger partial charge in [0.25, 0.3) is 0 Å². The summed E-state index contributed by atoms with van der Waals surface area (Å²) >= 11 is 0. The van der Waals surface area contributed by atoms with E-state index in [1.807, 2.05) is 62.4 Å². The number of ketones is 2. The van der Waals surface area contributed by atoms with E-state index in [0.717, 1.165) is 11.1 Å². The lowest BCUT2D eigenvalue weighted by Gasteiger charge is -2.37. The minimum Gasteiger partial charge on any atom is -0.493 e. The van der Waals surface area contributed by atoms with Gasteiger partial charge in [-0.1, -0.05) is 50.2 Å². The van der Waals surface area contributed by atoms with Gasteiger partial charge in [0, 0.05) is 25.9 Å². The predicted molar refractivity (Wildman–Crippen MR) is 389 cm³/mol. The minimum absolute atomic E-state index is 0.0277. The Morgan fingerprint density at radius 1 is 0.413 bits per heavy atom. The lowest BCUT2D eigenvalue weighted by molar-refractivity contribution is -0.162. The number of Topliss-reactive ketones (excluding diaryl/α,β-unsaturated/α-hetero) is 2. The third-order valence-corrected chi connectivity index (χ3v) is 19.3. The molecule has 8 rings (SSSR count). The number of methoxy groups -OCH3 is 10. The Balaban J connectivity index is 0.878. The van der Waals surface area contributed by atoms with Gasteiger partial charge in [0.05, 0.1) is 89.0 Å². The summed E-state index contributed by atoms with van der Waals surface area (Å²) in [7, 11) is 15.3. The number of amides is 2. The zero-order chi connectivity index (χ0) is 74.8. The molecule has 6 aromatic rings. The van der Waals surface area contributed by atoms with E-state index in [2.05, 4.69) is 0 Å². The topological polar surface area (TPSA) is 258 Å². The van der Waals surface area contributed by atoms with Crippen molar-refractivity contribution in [1.82, 2.24) is 9.80 Å². The van der Waals surface area contributed by atoms with E-state index in [9.17, 15) is 33.9 Å². The normalized spacial score (nSPS) is 15.4. The number of aliphatic hydroxyl groups is 1. The van der Waals surface area contributed by atoms with Crippen LogP contribution in [0.1, 0.15) is 161 Å². The average Bonchev–Trinajstić information content (AvgIpc) is 0.798. The Morgan fingerprint density at radius 3 is 1.12 bits per heavy atom. The molecule has 23 nitrogen and oxygen atoms in total. The number of carbonyl (C=O) groups excluding carboxylic acids is 6. The van der Waals surface area contributed by atoms with Crippen molar-refractivity contribution in [3.63, 3.8) is 0 Å². The quantitative estimate of drug-likeness (QED) is 0.0351. The molecule has 0 radical (unpaired) electrons. The van der Waals surface area contributed by atoms with Crippen LogP contribution in [0.25, 0.3) is 0 Å². The number of rotatable bonds is 40. The fourth-order valence-electron chi connectivity index (χ4n) is 13.6. The maximum absolute atomic E-state index is 14.7. The highest BCUT2D eigenvalue weighted by Crippen LogP contribution is 2.44. The number of aryl methyl sites for hydroxylation is 2. The largest absolute Gasteiger partial charge is 0.493 e. The van der Waals surface area contributed by atoms with Crippen LogP contribution in [-0.4, -0.2) is 166 Å². The number of piperidine rings is 2. The molecule has 0 spiro atoms. The molecule has 1 N–H and O–H groups in total. The first kappa shape index (κ1) is 79.8. The lowest BCUT2D eigenvalue weighted by atomic mass is 9.91. The minimum atomic E-state index is -0.979. The van der Waals surface area contributed by atoms with Gasteiger partial charge >= 0.3 is 11.9 Å². The summed E-state index contributed by atoms with van der Waals surface area (Å²) in [5, 5.41) is 11.0. The predicted octanol–water partition coefficient (Wildman–Crippen LogP) is 12.9. The van der Waals surface area contributed by atoms with Gasteiger partial charge in [-0.15, -0.1) is 0 Å². The molecule has 0 bridgehead atoms. The molecule has 0 aliphatic carbocycles. The summed E-state index contributed by atoms with van der Waals surface area (Å²) in [6.45, 7) is 3.93. The number of aliphatic hydroxyl groups excluding tert-OH is 1. The van der Waals surface area contributed by atoms with Gasteiger partial charge in [-0.25, -0.2) is 9.59 Å². The van der Waals surface area contributed by atoms with Crippen LogP contribution in [0.5, 0.6) is 69.0 Å². The molecule has 23 heteroatoms. The number of ether oxygens (including phenoxy) is 14. The number of nitrogens with zero attached hydrogens (tertiary/aromatic N) is 2. The Labute approximate surface area is 610 Å². The van der Waals surface area contributed by atoms with Crippen LogP contribution in [0.15, 0.2) is 109 Å². The van der Waals surface area contributed by atoms with E-state index in [1.54, 1.807) is 98.9 Å². The number of hydrogen-bond acceptors (Lipinski definition) is 21. The number of hydrogen-bond donors (Lipinski definition) is 1. The van der Waals surface area contributed by atoms with Crippen molar-refractivity contribution in [2.24, 2.45) is 0 Å². The van der Waals surface area contributed by atoms with Gasteiger partial charge in [-0.2, -0.15) is 0 Å². The number of likely N-dealkylation sites (tertiary alicyclic amines) is 2. The van der Waals surface area contributed by atoms with Crippen molar-refractivity contribution in [3.8, 4) is 69.0 Å². The van der Waals surface area contributed by atoms with E-state index in [1.165, 1.54) is 42.7 Å². The highest BCUT2D eigenvalue weighted by Gasteiger charge is 2.40. The van der Waals surface area contributed by atoms with E-state index in [4.69, 9.17) is 66.3 Å². The summed E-state index contributed by atoms with van der Waals surface area (Å²) in [6, 6.07) is 30.6. The second-order valence-electron chi connectivity index (χ2n) is 25.8. The third-order valence-electron chi connectivity index (χ3n) is 19.3. The highest BCUT2D eigenvalue weighted by atomic mass is 16.6. The SMILES string of the molecule is CC[C@H](C(=O)N1CCCC[C@H]1C(=O)O[C@H](CCc1ccc(OC)c(OC)c1)c1cccc(OCC(=O)CCC(O)CCC(=O)COc2cccc([C@@H](CCc3ccc(OC)c(OC)c3)OC(=O)[C@@H]3CCCCN3C(=O)[C@@H](CC)c3cc(OC)c(OC)c(OC)c3)c2)c1)c1cc(OC)c(OC)c(OC)c1. The molecule has 2 saturated heterocycles. The zero-order valence-corrected chi connectivity index (χ0v) is 62.1. The molecule has 2 amide bonds. The maximum atomic E-state index is 14.7. The second-order valence-corrected chi connectivity index (χ2v) is 25.8. The van der Waals surface area contributed by atoms with Crippen molar-refractivity contribution in [1.29, 1.82) is 0 Å².